The Kier molecular flexibility index (Phi) is 8.50. The van der Waals surface area contributed by atoms with Crippen molar-refractivity contribution in [1.82, 2.24) is 20.4 Å². The number of carboxylic acids is 1. The summed E-state index contributed by atoms with van der Waals surface area (Å²) in [6.45, 7) is 7.95. The van der Waals surface area contributed by atoms with E-state index < -0.39 is 18.2 Å². The van der Waals surface area contributed by atoms with Crippen LogP contribution in [0.2, 0.25) is 0 Å². The Hall–Kier alpha value is -3.76. The maximum absolute atomic E-state index is 13.2. The average molecular weight is 589 g/mol. The highest BCUT2D eigenvalue weighted by molar-refractivity contribution is 5.98. The van der Waals surface area contributed by atoms with Crippen LogP contribution in [0, 0.1) is 30.6 Å². The highest BCUT2D eigenvalue weighted by atomic mass is 16.5. The summed E-state index contributed by atoms with van der Waals surface area (Å²) >= 11 is 0. The van der Waals surface area contributed by atoms with Crippen LogP contribution >= 0.6 is 0 Å². The lowest BCUT2D eigenvalue weighted by molar-refractivity contribution is -0.143. The largest absolute Gasteiger partial charge is 0.480 e. The molecule has 2 amide bonds. The molecule has 3 N–H and O–H groups in total. The number of benzene rings is 2. The van der Waals surface area contributed by atoms with Gasteiger partial charge in [0.2, 0.25) is 0 Å². The second-order valence-corrected chi connectivity index (χ2v) is 12.6. The van der Waals surface area contributed by atoms with Gasteiger partial charge in [-0.05, 0) is 112 Å². The predicted molar refractivity (Wildman–Crippen MR) is 159 cm³/mol. The van der Waals surface area contributed by atoms with Gasteiger partial charge in [-0.3, -0.25) is 14.4 Å². The third-order valence-corrected chi connectivity index (χ3v) is 10.2. The maximum atomic E-state index is 13.2. The van der Waals surface area contributed by atoms with E-state index in [9.17, 15) is 24.3 Å². The number of fused-ring (bicyclic) bond motifs is 6. The number of carbonyl (C=O) groups excluding carboxylic acids is 3. The Balaban J connectivity index is 1.11. The first-order chi connectivity index (χ1) is 20.8. The van der Waals surface area contributed by atoms with Crippen molar-refractivity contribution < 1.29 is 29.0 Å². The van der Waals surface area contributed by atoms with E-state index in [2.05, 4.69) is 20.4 Å². The highest BCUT2D eigenvalue weighted by Crippen LogP contribution is 2.36. The summed E-state index contributed by atoms with van der Waals surface area (Å²) in [6.07, 6.45) is 3.39. The Morgan fingerprint density at radius 2 is 1.40 bits per heavy atom. The number of nitrogens with one attached hydrogen (secondary N) is 2. The fraction of sp³-hybridized carbons (Fsp3) is 0.515. The number of amides is 2. The molecule has 6 saturated heterocycles. The number of piperidine rings is 6. The van der Waals surface area contributed by atoms with Gasteiger partial charge in [-0.2, -0.15) is 0 Å². The van der Waals surface area contributed by atoms with Crippen LogP contribution in [0.5, 0.6) is 0 Å². The molecule has 4 bridgehead atoms. The van der Waals surface area contributed by atoms with E-state index in [1.54, 1.807) is 24.3 Å². The third kappa shape index (κ3) is 6.17. The van der Waals surface area contributed by atoms with Crippen LogP contribution in [0.4, 0.5) is 0 Å². The monoisotopic (exact) mass is 588 g/mol. The van der Waals surface area contributed by atoms with E-state index in [0.29, 0.717) is 36.0 Å². The Bertz CT molecular complexity index is 1360. The lowest BCUT2D eigenvalue weighted by atomic mass is 9.75. The molecule has 2 unspecified atom stereocenters. The van der Waals surface area contributed by atoms with Crippen LogP contribution in [0.1, 0.15) is 52.0 Å². The number of hydrogen-bond donors (Lipinski definition) is 3. The summed E-state index contributed by atoms with van der Waals surface area (Å²) in [5.41, 5.74) is 3.53. The summed E-state index contributed by atoms with van der Waals surface area (Å²) in [5, 5.41) is 15.7. The first-order valence-corrected chi connectivity index (χ1v) is 15.4. The first kappa shape index (κ1) is 29.3. The minimum absolute atomic E-state index is 0.0793. The molecule has 0 radical (unpaired) electrons. The van der Waals surface area contributed by atoms with E-state index in [0.717, 1.165) is 75.1 Å². The molecule has 4 atom stereocenters. The number of carbonyl (C=O) groups is 4. The van der Waals surface area contributed by atoms with Crippen molar-refractivity contribution in [1.29, 1.82) is 0 Å². The molecular formula is C33H40N4O6. The molecule has 228 valence electrons. The molecule has 0 aliphatic carbocycles. The number of aryl methyl sites for hydroxylation is 1. The lowest BCUT2D eigenvalue weighted by Crippen LogP contribution is -2.57. The van der Waals surface area contributed by atoms with Crippen molar-refractivity contribution in [2.45, 2.75) is 44.9 Å². The van der Waals surface area contributed by atoms with E-state index in [4.69, 9.17) is 4.74 Å². The van der Waals surface area contributed by atoms with Crippen LogP contribution in [0.3, 0.4) is 0 Å². The van der Waals surface area contributed by atoms with Crippen LogP contribution in [0.15, 0.2) is 42.5 Å². The minimum atomic E-state index is -0.989. The highest BCUT2D eigenvalue weighted by Gasteiger charge is 2.42. The van der Waals surface area contributed by atoms with Crippen LogP contribution in [-0.2, 0) is 14.3 Å². The van der Waals surface area contributed by atoms with E-state index >= 15 is 0 Å². The van der Waals surface area contributed by atoms with Crippen molar-refractivity contribution in [3.8, 4) is 11.1 Å². The van der Waals surface area contributed by atoms with Gasteiger partial charge in [0.25, 0.3) is 18.3 Å². The zero-order chi connectivity index (χ0) is 30.1. The summed E-state index contributed by atoms with van der Waals surface area (Å²) in [6, 6.07) is 11.6. The first-order valence-electron chi connectivity index (χ1n) is 15.4. The molecule has 43 heavy (non-hydrogen) atoms. The molecule has 6 aliphatic rings. The van der Waals surface area contributed by atoms with Gasteiger partial charge >= 0.3 is 5.97 Å². The van der Waals surface area contributed by atoms with Gasteiger partial charge in [0.05, 0.1) is 0 Å². The zero-order valence-corrected chi connectivity index (χ0v) is 24.5. The summed E-state index contributed by atoms with van der Waals surface area (Å²) in [7, 11) is 0. The predicted octanol–water partition coefficient (Wildman–Crippen LogP) is 2.76. The molecular weight excluding hydrogens is 548 g/mol. The van der Waals surface area contributed by atoms with Crippen molar-refractivity contribution in [3.63, 3.8) is 0 Å². The van der Waals surface area contributed by atoms with Gasteiger partial charge in [-0.15, -0.1) is 0 Å². The SMILES string of the molecule is Cc1cc(C(=O)NC(C(=O)O)[C@H]2CN3CCC2CC3)ccc1-c1ccc(C(=O)NC(OC=O)[C@H]2CN3CCC2CC3)cc1. The van der Waals surface area contributed by atoms with Crippen molar-refractivity contribution in [3.05, 3.63) is 59.2 Å². The third-order valence-electron chi connectivity index (χ3n) is 10.2. The van der Waals surface area contributed by atoms with Gasteiger partial charge in [-0.25, -0.2) is 4.79 Å². The molecule has 10 nitrogen and oxygen atoms in total. The zero-order valence-electron chi connectivity index (χ0n) is 24.5. The molecule has 10 heteroatoms. The number of nitrogens with zero attached hydrogens (tertiary/aromatic N) is 2. The molecule has 8 rings (SSSR count). The van der Waals surface area contributed by atoms with Crippen molar-refractivity contribution in [2.75, 3.05) is 39.3 Å². The molecule has 2 aromatic carbocycles. The second kappa shape index (κ2) is 12.5. The summed E-state index contributed by atoms with van der Waals surface area (Å²) in [4.78, 5) is 54.3. The van der Waals surface area contributed by atoms with Crippen molar-refractivity contribution >= 4 is 24.3 Å². The minimum Gasteiger partial charge on any atom is -0.480 e. The van der Waals surface area contributed by atoms with Crippen LogP contribution < -0.4 is 10.6 Å². The number of rotatable bonds is 10. The Labute approximate surface area is 251 Å². The number of carboxylic acid groups (broad SMARTS) is 1. The normalized spacial score (nSPS) is 28.9. The van der Waals surface area contributed by atoms with Gasteiger partial charge in [0, 0.05) is 36.1 Å². The fourth-order valence-electron chi connectivity index (χ4n) is 7.76. The van der Waals surface area contributed by atoms with Crippen LogP contribution in [0.25, 0.3) is 11.1 Å². The maximum Gasteiger partial charge on any atom is 0.326 e. The van der Waals surface area contributed by atoms with E-state index in [1.165, 1.54) is 0 Å². The van der Waals surface area contributed by atoms with E-state index in [1.807, 2.05) is 25.1 Å². The van der Waals surface area contributed by atoms with Gasteiger partial charge in [0.1, 0.15) is 6.04 Å². The second-order valence-electron chi connectivity index (χ2n) is 12.6. The molecule has 2 aromatic rings. The summed E-state index contributed by atoms with van der Waals surface area (Å²) < 4.78 is 5.34. The Morgan fingerprint density at radius 3 is 1.91 bits per heavy atom. The van der Waals surface area contributed by atoms with Gasteiger partial charge < -0.3 is 30.3 Å². The molecule has 6 heterocycles. The Morgan fingerprint density at radius 1 is 0.837 bits per heavy atom. The topological polar surface area (TPSA) is 128 Å². The molecule has 0 spiro atoms. The fourth-order valence-corrected chi connectivity index (χ4v) is 7.76. The smallest absolute Gasteiger partial charge is 0.326 e. The quantitative estimate of drug-likeness (QED) is 0.286. The van der Waals surface area contributed by atoms with Gasteiger partial charge in [0.15, 0.2) is 6.23 Å². The van der Waals surface area contributed by atoms with Crippen LogP contribution in [-0.4, -0.2) is 90.7 Å². The molecule has 6 fully saturated rings. The summed E-state index contributed by atoms with van der Waals surface area (Å²) in [5.74, 6) is -0.926. The van der Waals surface area contributed by atoms with Crippen molar-refractivity contribution in [2.24, 2.45) is 23.7 Å². The van der Waals surface area contributed by atoms with E-state index in [-0.39, 0.29) is 23.7 Å². The molecule has 0 aromatic heterocycles. The average Bonchev–Trinajstić information content (AvgIpc) is 3.04. The number of ether oxygens (including phenoxy) is 1. The number of aliphatic carboxylic acids is 1. The molecule has 6 aliphatic heterocycles. The molecule has 0 saturated carbocycles. The van der Waals surface area contributed by atoms with Gasteiger partial charge in [-0.1, -0.05) is 18.2 Å². The standard InChI is InChI=1S/C33H40N4O6/c1-20-16-25(31(40)34-29(33(41)42)27-17-36-12-8-22(27)9-13-36)6-7-26(20)21-2-4-24(5-3-21)30(39)35-32(43-19-38)28-18-37-14-10-23(28)11-15-37/h2-7,16,19,22-23,27-29,32H,8-15,17-18H2,1H3,(H,34,40)(H,35,39)(H,41,42)/t27-,28-,29?,32?/m0/s1. The number of hydrogen-bond acceptors (Lipinski definition) is 7. The lowest BCUT2D eigenvalue weighted by Gasteiger charge is -2.46.